The van der Waals surface area contributed by atoms with E-state index in [1.54, 1.807) is 39.0 Å². The molecule has 1 unspecified atom stereocenters. The molecule has 1 aliphatic heterocycles. The molecule has 0 fully saturated rings. The highest BCUT2D eigenvalue weighted by Gasteiger charge is 2.49. The van der Waals surface area contributed by atoms with E-state index in [1.165, 1.54) is 5.01 Å². The van der Waals surface area contributed by atoms with Crippen LogP contribution in [0.25, 0.3) is 0 Å². The molecule has 1 aromatic rings. The van der Waals surface area contributed by atoms with Crippen LogP contribution in [0.2, 0.25) is 10.0 Å². The van der Waals surface area contributed by atoms with Crippen molar-refractivity contribution in [3.05, 3.63) is 28.2 Å². The van der Waals surface area contributed by atoms with Crippen molar-refractivity contribution < 1.29 is 19.1 Å². The molecule has 1 heterocycles. The van der Waals surface area contributed by atoms with E-state index in [2.05, 4.69) is 5.10 Å². The van der Waals surface area contributed by atoms with E-state index in [0.29, 0.717) is 15.7 Å². The molecule has 1 atom stereocenters. The van der Waals surface area contributed by atoms with Crippen LogP contribution in [0.1, 0.15) is 27.2 Å². The van der Waals surface area contributed by atoms with Crippen LogP contribution in [0.15, 0.2) is 23.3 Å². The largest absolute Gasteiger partial charge is 0.464 e. The van der Waals surface area contributed by atoms with Crippen molar-refractivity contribution in [2.24, 2.45) is 5.10 Å². The Hall–Kier alpha value is -1.79. The van der Waals surface area contributed by atoms with Crippen molar-refractivity contribution in [3.8, 4) is 0 Å². The number of halogens is 2. The van der Waals surface area contributed by atoms with Crippen LogP contribution >= 0.6 is 23.2 Å². The Labute approximate surface area is 150 Å². The normalized spacial score (nSPS) is 19.9. The number of carbonyl (C=O) groups excluding carboxylic acids is 2. The lowest BCUT2D eigenvalue weighted by Crippen LogP contribution is -2.48. The SMILES string of the molecule is CCOC(=O)C1=NN(c2ccc(Cl)c(Cl)c2)C(C)(C(=O)OCC)C1. The third-order valence-corrected chi connectivity index (χ3v) is 4.31. The maximum atomic E-state index is 12.5. The second-order valence-electron chi connectivity index (χ2n) is 5.35. The second-order valence-corrected chi connectivity index (χ2v) is 6.16. The molecule has 0 aliphatic carbocycles. The molecular weight excluding hydrogens is 355 g/mol. The summed E-state index contributed by atoms with van der Waals surface area (Å²) >= 11 is 12.0. The number of hydrazone groups is 1. The number of rotatable bonds is 5. The number of ether oxygens (including phenoxy) is 2. The lowest BCUT2D eigenvalue weighted by molar-refractivity contribution is -0.148. The van der Waals surface area contributed by atoms with E-state index >= 15 is 0 Å². The third-order valence-electron chi connectivity index (χ3n) is 3.57. The molecule has 0 aromatic heterocycles. The van der Waals surface area contributed by atoms with Crippen LogP contribution in [0.5, 0.6) is 0 Å². The predicted octanol–water partition coefficient (Wildman–Crippen LogP) is 3.44. The van der Waals surface area contributed by atoms with Crippen molar-refractivity contribution in [1.82, 2.24) is 0 Å². The van der Waals surface area contributed by atoms with Crippen molar-refractivity contribution in [3.63, 3.8) is 0 Å². The first-order valence-electron chi connectivity index (χ1n) is 7.50. The number of hydrogen-bond donors (Lipinski definition) is 0. The van der Waals surface area contributed by atoms with Crippen molar-refractivity contribution in [1.29, 1.82) is 0 Å². The smallest absolute Gasteiger partial charge is 0.354 e. The summed E-state index contributed by atoms with van der Waals surface area (Å²) in [5.74, 6) is -1.05. The molecular formula is C16H18Cl2N2O4. The molecule has 2 rings (SSSR count). The monoisotopic (exact) mass is 372 g/mol. The summed E-state index contributed by atoms with van der Waals surface area (Å²) in [6.45, 7) is 5.52. The highest BCUT2D eigenvalue weighted by Crippen LogP contribution is 2.37. The molecule has 130 valence electrons. The molecule has 0 saturated carbocycles. The van der Waals surface area contributed by atoms with Gasteiger partial charge >= 0.3 is 11.9 Å². The van der Waals surface area contributed by atoms with E-state index in [0.717, 1.165) is 0 Å². The lowest BCUT2D eigenvalue weighted by Gasteiger charge is -2.31. The standard InChI is InChI=1S/C16H18Cl2N2O4/c1-4-23-14(21)13-9-16(3,15(22)24-5-2)20(19-13)10-6-7-11(17)12(18)8-10/h6-8H,4-5,9H2,1-3H3. The Balaban J connectivity index is 2.45. The Bertz CT molecular complexity index is 693. The number of anilines is 1. The Morgan fingerprint density at radius 1 is 1.21 bits per heavy atom. The van der Waals surface area contributed by atoms with Gasteiger partial charge in [0.15, 0.2) is 5.54 Å². The van der Waals surface area contributed by atoms with Gasteiger partial charge in [0.1, 0.15) is 5.71 Å². The summed E-state index contributed by atoms with van der Waals surface area (Å²) in [6, 6.07) is 4.85. The van der Waals surface area contributed by atoms with Gasteiger partial charge in [0.05, 0.1) is 28.9 Å². The zero-order chi connectivity index (χ0) is 17.9. The first-order valence-corrected chi connectivity index (χ1v) is 8.26. The first-order chi connectivity index (χ1) is 11.3. The van der Waals surface area contributed by atoms with Crippen LogP contribution in [0, 0.1) is 0 Å². The number of esters is 2. The van der Waals surface area contributed by atoms with Gasteiger partial charge in [-0.25, -0.2) is 14.6 Å². The van der Waals surface area contributed by atoms with Gasteiger partial charge in [-0.15, -0.1) is 0 Å². The third kappa shape index (κ3) is 3.49. The van der Waals surface area contributed by atoms with Crippen LogP contribution in [-0.4, -0.2) is 36.4 Å². The zero-order valence-electron chi connectivity index (χ0n) is 13.6. The molecule has 0 spiro atoms. The number of benzene rings is 1. The van der Waals surface area contributed by atoms with E-state index in [-0.39, 0.29) is 25.3 Å². The first kappa shape index (κ1) is 18.5. The van der Waals surface area contributed by atoms with Gasteiger partial charge < -0.3 is 9.47 Å². The quantitative estimate of drug-likeness (QED) is 0.740. The fraction of sp³-hybridized carbons (Fsp3) is 0.438. The van der Waals surface area contributed by atoms with Gasteiger partial charge in [-0.3, -0.25) is 0 Å². The van der Waals surface area contributed by atoms with Gasteiger partial charge in [0.2, 0.25) is 0 Å². The lowest BCUT2D eigenvalue weighted by atomic mass is 9.95. The predicted molar refractivity (Wildman–Crippen MR) is 92.7 cm³/mol. The van der Waals surface area contributed by atoms with E-state index in [1.807, 2.05) is 0 Å². The summed E-state index contributed by atoms with van der Waals surface area (Å²) in [6.07, 6.45) is 0.0743. The van der Waals surface area contributed by atoms with Gasteiger partial charge in [-0.05, 0) is 39.0 Å². The van der Waals surface area contributed by atoms with Gasteiger partial charge in [-0.2, -0.15) is 5.10 Å². The molecule has 0 bridgehead atoms. The van der Waals surface area contributed by atoms with Crippen molar-refractivity contribution >= 4 is 46.5 Å². The molecule has 0 radical (unpaired) electrons. The highest BCUT2D eigenvalue weighted by atomic mass is 35.5. The molecule has 0 N–H and O–H groups in total. The molecule has 8 heteroatoms. The fourth-order valence-electron chi connectivity index (χ4n) is 2.40. The topological polar surface area (TPSA) is 68.2 Å². The minimum absolute atomic E-state index is 0.0743. The van der Waals surface area contributed by atoms with E-state index < -0.39 is 17.5 Å². The summed E-state index contributed by atoms with van der Waals surface area (Å²) in [4.78, 5) is 24.5. The number of nitrogens with zero attached hydrogens (tertiary/aromatic N) is 2. The Kier molecular flexibility index (Phi) is 5.72. The molecule has 0 saturated heterocycles. The fourth-order valence-corrected chi connectivity index (χ4v) is 2.69. The number of hydrogen-bond acceptors (Lipinski definition) is 6. The average molecular weight is 373 g/mol. The van der Waals surface area contributed by atoms with Crippen molar-refractivity contribution in [2.75, 3.05) is 18.2 Å². The van der Waals surface area contributed by atoms with Gasteiger partial charge in [0.25, 0.3) is 0 Å². The molecule has 0 amide bonds. The minimum atomic E-state index is -1.17. The van der Waals surface area contributed by atoms with E-state index in [4.69, 9.17) is 32.7 Å². The molecule has 24 heavy (non-hydrogen) atoms. The maximum Gasteiger partial charge on any atom is 0.354 e. The van der Waals surface area contributed by atoms with Crippen LogP contribution in [0.4, 0.5) is 5.69 Å². The van der Waals surface area contributed by atoms with E-state index in [9.17, 15) is 9.59 Å². The zero-order valence-corrected chi connectivity index (χ0v) is 15.1. The van der Waals surface area contributed by atoms with Gasteiger partial charge in [0, 0.05) is 6.42 Å². The average Bonchev–Trinajstić information content (AvgIpc) is 2.90. The number of carbonyl (C=O) groups is 2. The molecule has 1 aromatic carbocycles. The van der Waals surface area contributed by atoms with Crippen molar-refractivity contribution in [2.45, 2.75) is 32.7 Å². The van der Waals surface area contributed by atoms with Crippen LogP contribution < -0.4 is 5.01 Å². The Morgan fingerprint density at radius 3 is 2.46 bits per heavy atom. The summed E-state index contributed by atoms with van der Waals surface area (Å²) in [7, 11) is 0. The minimum Gasteiger partial charge on any atom is -0.464 e. The Morgan fingerprint density at radius 2 is 1.88 bits per heavy atom. The summed E-state index contributed by atoms with van der Waals surface area (Å²) in [5.41, 5.74) is -0.493. The highest BCUT2D eigenvalue weighted by molar-refractivity contribution is 6.42. The summed E-state index contributed by atoms with van der Waals surface area (Å²) < 4.78 is 10.1. The van der Waals surface area contributed by atoms with Crippen LogP contribution in [0.3, 0.4) is 0 Å². The summed E-state index contributed by atoms with van der Waals surface area (Å²) in [5, 5.41) is 6.41. The molecule has 6 nitrogen and oxygen atoms in total. The molecule has 1 aliphatic rings. The maximum absolute atomic E-state index is 12.5. The van der Waals surface area contributed by atoms with Crippen LogP contribution in [-0.2, 0) is 19.1 Å². The van der Waals surface area contributed by atoms with Gasteiger partial charge in [-0.1, -0.05) is 23.2 Å². The second kappa shape index (κ2) is 7.40.